The van der Waals surface area contributed by atoms with Gasteiger partial charge < -0.3 is 9.52 Å². The Morgan fingerprint density at radius 2 is 2.31 bits per heavy atom. The Labute approximate surface area is 94.5 Å². The summed E-state index contributed by atoms with van der Waals surface area (Å²) in [4.78, 5) is 0. The van der Waals surface area contributed by atoms with Crippen LogP contribution in [0.2, 0.25) is 0 Å². The molecule has 1 unspecified atom stereocenters. The lowest BCUT2D eigenvalue weighted by atomic mass is 10.1. The summed E-state index contributed by atoms with van der Waals surface area (Å²) >= 11 is 0. The average Bonchev–Trinajstić information content (AvgIpc) is 2.87. The van der Waals surface area contributed by atoms with E-state index in [2.05, 4.69) is 5.10 Å². The first-order valence-electron chi connectivity index (χ1n) is 5.43. The van der Waals surface area contributed by atoms with Crippen LogP contribution in [0.3, 0.4) is 0 Å². The first-order chi connectivity index (χ1) is 7.69. The Morgan fingerprint density at radius 1 is 1.50 bits per heavy atom. The molecule has 0 saturated carbocycles. The van der Waals surface area contributed by atoms with Crippen LogP contribution in [0.5, 0.6) is 0 Å². The van der Waals surface area contributed by atoms with Crippen LogP contribution >= 0.6 is 0 Å². The highest BCUT2D eigenvalue weighted by atomic mass is 16.4. The number of hydrogen-bond acceptors (Lipinski definition) is 3. The van der Waals surface area contributed by atoms with E-state index in [-0.39, 0.29) is 0 Å². The average molecular weight is 220 g/mol. The topological polar surface area (TPSA) is 51.2 Å². The minimum absolute atomic E-state index is 0.532. The maximum Gasteiger partial charge on any atom is 0.133 e. The van der Waals surface area contributed by atoms with Crippen LogP contribution in [0.4, 0.5) is 0 Å². The smallest absolute Gasteiger partial charge is 0.133 e. The normalized spacial score (nSPS) is 12.9. The van der Waals surface area contributed by atoms with Crippen molar-refractivity contribution in [3.8, 4) is 0 Å². The van der Waals surface area contributed by atoms with E-state index in [0.717, 1.165) is 17.7 Å². The maximum atomic E-state index is 9.96. The molecule has 2 heterocycles. The van der Waals surface area contributed by atoms with Gasteiger partial charge in [-0.1, -0.05) is 6.92 Å². The third kappa shape index (κ3) is 2.33. The van der Waals surface area contributed by atoms with Gasteiger partial charge in [-0.2, -0.15) is 5.10 Å². The molecule has 4 nitrogen and oxygen atoms in total. The Balaban J connectivity index is 2.05. The molecular formula is C12H16N2O2. The minimum atomic E-state index is -0.593. The summed E-state index contributed by atoms with van der Waals surface area (Å²) in [5.74, 6) is 1.53. The van der Waals surface area contributed by atoms with E-state index in [1.54, 1.807) is 10.9 Å². The first kappa shape index (κ1) is 11.0. The van der Waals surface area contributed by atoms with Gasteiger partial charge in [0.05, 0.1) is 6.20 Å². The number of nitrogens with zero attached hydrogens (tertiary/aromatic N) is 2. The number of furan rings is 1. The van der Waals surface area contributed by atoms with Crippen LogP contribution < -0.4 is 0 Å². The number of aromatic nitrogens is 2. The number of aryl methyl sites for hydroxylation is 2. The molecule has 0 bridgehead atoms. The molecule has 0 aliphatic carbocycles. The lowest BCUT2D eigenvalue weighted by Crippen LogP contribution is -1.99. The van der Waals surface area contributed by atoms with E-state index in [1.165, 1.54) is 0 Å². The van der Waals surface area contributed by atoms with Crippen molar-refractivity contribution in [2.24, 2.45) is 7.05 Å². The van der Waals surface area contributed by atoms with Crippen LogP contribution in [0.25, 0.3) is 0 Å². The molecule has 0 spiro atoms. The number of aliphatic hydroxyl groups is 1. The fourth-order valence-corrected chi connectivity index (χ4v) is 1.66. The van der Waals surface area contributed by atoms with E-state index in [0.29, 0.717) is 12.2 Å². The second-order valence-electron chi connectivity index (χ2n) is 3.90. The summed E-state index contributed by atoms with van der Waals surface area (Å²) in [7, 11) is 1.86. The van der Waals surface area contributed by atoms with Crippen LogP contribution in [0, 0.1) is 0 Å². The fraction of sp³-hybridized carbons (Fsp3) is 0.417. The summed E-state index contributed by atoms with van der Waals surface area (Å²) in [6.45, 7) is 2.02. The maximum absolute atomic E-state index is 9.96. The molecule has 0 fully saturated rings. The molecule has 2 rings (SSSR count). The second-order valence-corrected chi connectivity index (χ2v) is 3.90. The van der Waals surface area contributed by atoms with Gasteiger partial charge in [0.15, 0.2) is 0 Å². The molecule has 16 heavy (non-hydrogen) atoms. The van der Waals surface area contributed by atoms with Gasteiger partial charge in [-0.05, 0) is 17.7 Å². The van der Waals surface area contributed by atoms with Crippen LogP contribution in [0.1, 0.15) is 30.1 Å². The standard InChI is InChI=1S/C12H16N2O2/c1-3-10-4-5-12(16-10)11(15)6-9-7-13-14(2)8-9/h4-5,7-8,11,15H,3,6H2,1-2H3. The molecule has 0 aliphatic heterocycles. The van der Waals surface area contributed by atoms with Crippen molar-refractivity contribution in [1.29, 1.82) is 0 Å². The SMILES string of the molecule is CCc1ccc(C(O)Cc2cnn(C)c2)o1. The van der Waals surface area contributed by atoms with Gasteiger partial charge in [0.2, 0.25) is 0 Å². The van der Waals surface area contributed by atoms with Crippen LogP contribution in [-0.4, -0.2) is 14.9 Å². The molecule has 2 aromatic heterocycles. The first-order valence-corrected chi connectivity index (χ1v) is 5.43. The van der Waals surface area contributed by atoms with E-state index < -0.39 is 6.10 Å². The Hall–Kier alpha value is -1.55. The van der Waals surface area contributed by atoms with Gasteiger partial charge in [0, 0.05) is 26.1 Å². The molecule has 0 aromatic carbocycles. The largest absolute Gasteiger partial charge is 0.463 e. The molecular weight excluding hydrogens is 204 g/mol. The summed E-state index contributed by atoms with van der Waals surface area (Å²) in [6, 6.07) is 3.74. The van der Waals surface area contributed by atoms with Gasteiger partial charge in [-0.25, -0.2) is 0 Å². The molecule has 0 radical (unpaired) electrons. The monoisotopic (exact) mass is 220 g/mol. The number of rotatable bonds is 4. The molecule has 1 N–H and O–H groups in total. The Kier molecular flexibility index (Phi) is 3.10. The quantitative estimate of drug-likeness (QED) is 0.855. The fourth-order valence-electron chi connectivity index (χ4n) is 1.66. The van der Waals surface area contributed by atoms with Crippen molar-refractivity contribution in [2.75, 3.05) is 0 Å². The van der Waals surface area contributed by atoms with Gasteiger partial charge in [-0.15, -0.1) is 0 Å². The summed E-state index contributed by atoms with van der Waals surface area (Å²) < 4.78 is 7.22. The van der Waals surface area contributed by atoms with Crippen molar-refractivity contribution in [2.45, 2.75) is 25.9 Å². The molecule has 0 aliphatic rings. The molecule has 86 valence electrons. The van der Waals surface area contributed by atoms with Gasteiger partial charge in [-0.3, -0.25) is 4.68 Å². The summed E-state index contributed by atoms with van der Waals surface area (Å²) in [5, 5.41) is 14.0. The van der Waals surface area contributed by atoms with E-state index in [4.69, 9.17) is 4.42 Å². The van der Waals surface area contributed by atoms with Crippen molar-refractivity contribution < 1.29 is 9.52 Å². The highest BCUT2D eigenvalue weighted by molar-refractivity contribution is 5.13. The molecule has 4 heteroatoms. The second kappa shape index (κ2) is 4.53. The predicted octanol–water partition coefficient (Wildman–Crippen LogP) is 1.85. The Bertz CT molecular complexity index is 459. The van der Waals surface area contributed by atoms with E-state index in [1.807, 2.05) is 32.3 Å². The zero-order chi connectivity index (χ0) is 11.5. The molecule has 0 amide bonds. The molecule has 0 saturated heterocycles. The lowest BCUT2D eigenvalue weighted by molar-refractivity contribution is 0.148. The summed E-state index contributed by atoms with van der Waals surface area (Å²) in [5.41, 5.74) is 1.00. The highest BCUT2D eigenvalue weighted by Gasteiger charge is 2.13. The predicted molar refractivity (Wildman–Crippen MR) is 60.0 cm³/mol. The van der Waals surface area contributed by atoms with Crippen molar-refractivity contribution in [3.05, 3.63) is 41.6 Å². The van der Waals surface area contributed by atoms with Gasteiger partial charge in [0.25, 0.3) is 0 Å². The van der Waals surface area contributed by atoms with E-state index >= 15 is 0 Å². The highest BCUT2D eigenvalue weighted by Crippen LogP contribution is 2.20. The van der Waals surface area contributed by atoms with Crippen molar-refractivity contribution in [3.63, 3.8) is 0 Å². The molecule has 2 aromatic rings. The van der Waals surface area contributed by atoms with E-state index in [9.17, 15) is 5.11 Å². The van der Waals surface area contributed by atoms with Crippen LogP contribution in [0.15, 0.2) is 28.9 Å². The molecule has 1 atom stereocenters. The van der Waals surface area contributed by atoms with Gasteiger partial charge >= 0.3 is 0 Å². The Morgan fingerprint density at radius 3 is 2.88 bits per heavy atom. The lowest BCUT2D eigenvalue weighted by Gasteiger charge is -2.05. The third-order valence-corrected chi connectivity index (χ3v) is 2.55. The third-order valence-electron chi connectivity index (χ3n) is 2.55. The number of aliphatic hydroxyl groups excluding tert-OH is 1. The van der Waals surface area contributed by atoms with Crippen LogP contribution in [-0.2, 0) is 19.9 Å². The summed E-state index contributed by atoms with van der Waals surface area (Å²) in [6.07, 6.45) is 4.44. The zero-order valence-electron chi connectivity index (χ0n) is 9.55. The minimum Gasteiger partial charge on any atom is -0.463 e. The van der Waals surface area contributed by atoms with Crippen molar-refractivity contribution in [1.82, 2.24) is 9.78 Å². The zero-order valence-corrected chi connectivity index (χ0v) is 9.55. The van der Waals surface area contributed by atoms with Crippen molar-refractivity contribution >= 4 is 0 Å². The number of hydrogen-bond donors (Lipinski definition) is 1. The van der Waals surface area contributed by atoms with Gasteiger partial charge in [0.1, 0.15) is 17.6 Å².